The van der Waals surface area contributed by atoms with E-state index in [9.17, 15) is 9.59 Å². The fourth-order valence-electron chi connectivity index (χ4n) is 4.41. The number of methoxy groups -OCH3 is 1. The van der Waals surface area contributed by atoms with Crippen LogP contribution in [0.25, 0.3) is 0 Å². The predicted molar refractivity (Wildman–Crippen MR) is 124 cm³/mol. The Kier molecular flexibility index (Phi) is 9.62. The Bertz CT molecular complexity index is 679. The van der Waals surface area contributed by atoms with Crippen LogP contribution in [0.1, 0.15) is 44.9 Å². The molecule has 0 unspecified atom stereocenters. The molecule has 2 amide bonds. The lowest BCUT2D eigenvalue weighted by Crippen LogP contribution is -2.43. The van der Waals surface area contributed by atoms with Gasteiger partial charge in [0.25, 0.3) is 0 Å². The zero-order valence-corrected chi connectivity index (χ0v) is 18.9. The normalized spacial score (nSPS) is 18.4. The van der Waals surface area contributed by atoms with Gasteiger partial charge in [-0.15, -0.1) is 0 Å². The molecule has 172 valence electrons. The number of anilines is 2. The van der Waals surface area contributed by atoms with Crippen LogP contribution < -0.4 is 15.5 Å². The highest BCUT2D eigenvalue weighted by Crippen LogP contribution is 2.22. The number of amides is 2. The Morgan fingerprint density at radius 2 is 1.68 bits per heavy atom. The Hall–Kier alpha value is -2.12. The third-order valence-corrected chi connectivity index (χ3v) is 6.27. The van der Waals surface area contributed by atoms with E-state index in [1.165, 1.54) is 31.4 Å². The van der Waals surface area contributed by atoms with Gasteiger partial charge in [-0.05, 0) is 69.5 Å². The van der Waals surface area contributed by atoms with Crippen molar-refractivity contribution < 1.29 is 14.3 Å². The number of carbonyl (C=O) groups is 2. The van der Waals surface area contributed by atoms with Gasteiger partial charge in [-0.2, -0.15) is 0 Å². The molecule has 2 aliphatic heterocycles. The molecule has 0 spiro atoms. The maximum Gasteiger partial charge on any atom is 0.238 e. The van der Waals surface area contributed by atoms with E-state index in [4.69, 9.17) is 4.74 Å². The summed E-state index contributed by atoms with van der Waals surface area (Å²) in [4.78, 5) is 29.3. The molecule has 3 rings (SSSR count). The van der Waals surface area contributed by atoms with Crippen LogP contribution >= 0.6 is 0 Å². The zero-order valence-electron chi connectivity index (χ0n) is 18.9. The molecule has 0 saturated carbocycles. The summed E-state index contributed by atoms with van der Waals surface area (Å²) in [5.74, 6) is 0.183. The van der Waals surface area contributed by atoms with Crippen molar-refractivity contribution in [3.63, 3.8) is 0 Å². The summed E-state index contributed by atoms with van der Waals surface area (Å²) in [6.07, 6.45) is 7.58. The van der Waals surface area contributed by atoms with Crippen molar-refractivity contribution in [1.29, 1.82) is 0 Å². The van der Waals surface area contributed by atoms with Gasteiger partial charge in [-0.25, -0.2) is 0 Å². The molecule has 31 heavy (non-hydrogen) atoms. The number of nitrogens with zero attached hydrogens (tertiary/aromatic N) is 2. The lowest BCUT2D eigenvalue weighted by molar-refractivity contribution is -0.126. The van der Waals surface area contributed by atoms with Crippen LogP contribution in [0.2, 0.25) is 0 Å². The van der Waals surface area contributed by atoms with Crippen LogP contribution in [0.4, 0.5) is 11.4 Å². The molecule has 0 atom stereocenters. The van der Waals surface area contributed by atoms with Gasteiger partial charge in [-0.1, -0.05) is 12.8 Å². The van der Waals surface area contributed by atoms with Crippen molar-refractivity contribution in [1.82, 2.24) is 10.2 Å². The molecule has 2 fully saturated rings. The third kappa shape index (κ3) is 7.82. The van der Waals surface area contributed by atoms with Crippen molar-refractivity contribution in [3.8, 4) is 0 Å². The van der Waals surface area contributed by atoms with Crippen LogP contribution in [0.15, 0.2) is 24.3 Å². The highest BCUT2D eigenvalue weighted by Gasteiger charge is 2.25. The summed E-state index contributed by atoms with van der Waals surface area (Å²) in [5.41, 5.74) is 2.08. The van der Waals surface area contributed by atoms with E-state index in [0.29, 0.717) is 19.7 Å². The van der Waals surface area contributed by atoms with E-state index in [1.54, 1.807) is 7.11 Å². The van der Waals surface area contributed by atoms with E-state index in [-0.39, 0.29) is 17.7 Å². The quantitative estimate of drug-likeness (QED) is 0.590. The molecule has 0 aliphatic carbocycles. The van der Waals surface area contributed by atoms with E-state index in [1.807, 2.05) is 12.1 Å². The molecule has 1 aromatic carbocycles. The molecule has 7 heteroatoms. The first-order valence-corrected chi connectivity index (χ1v) is 11.8. The molecule has 2 heterocycles. The van der Waals surface area contributed by atoms with Crippen LogP contribution in [-0.4, -0.2) is 69.7 Å². The Morgan fingerprint density at radius 3 is 2.32 bits per heavy atom. The standard InChI is InChI=1S/C24H38N4O3/c1-31-18-6-13-25-24(30)20-11-16-27(17-12-20)19-23(29)26-21-7-9-22(10-8-21)28-14-4-2-3-5-15-28/h7-10,20H,2-6,11-19H2,1H3,(H,25,30)(H,26,29). The highest BCUT2D eigenvalue weighted by atomic mass is 16.5. The molecular weight excluding hydrogens is 392 g/mol. The molecule has 0 bridgehead atoms. The molecule has 7 nitrogen and oxygen atoms in total. The summed E-state index contributed by atoms with van der Waals surface area (Å²) < 4.78 is 5.00. The van der Waals surface area contributed by atoms with Gasteiger partial charge in [-0.3, -0.25) is 14.5 Å². The number of piperidine rings is 1. The summed E-state index contributed by atoms with van der Waals surface area (Å²) in [6.45, 7) is 5.48. The average Bonchev–Trinajstić information content (AvgIpc) is 3.07. The first-order valence-electron chi connectivity index (χ1n) is 11.8. The fourth-order valence-corrected chi connectivity index (χ4v) is 4.41. The van der Waals surface area contributed by atoms with Crippen LogP contribution in [0.3, 0.4) is 0 Å². The van der Waals surface area contributed by atoms with Gasteiger partial charge >= 0.3 is 0 Å². The molecular formula is C24H38N4O3. The van der Waals surface area contributed by atoms with Crippen LogP contribution in [-0.2, 0) is 14.3 Å². The first-order chi connectivity index (χ1) is 15.2. The summed E-state index contributed by atoms with van der Waals surface area (Å²) in [6, 6.07) is 8.21. The molecule has 0 radical (unpaired) electrons. The average molecular weight is 431 g/mol. The van der Waals surface area contributed by atoms with Gasteiger partial charge in [0.2, 0.25) is 11.8 Å². The van der Waals surface area contributed by atoms with E-state index < -0.39 is 0 Å². The van der Waals surface area contributed by atoms with Crippen molar-refractivity contribution in [2.75, 3.05) is 63.2 Å². The minimum Gasteiger partial charge on any atom is -0.385 e. The largest absolute Gasteiger partial charge is 0.385 e. The minimum absolute atomic E-state index is 0.00462. The molecule has 2 N–H and O–H groups in total. The molecule has 2 saturated heterocycles. The molecule has 1 aromatic rings. The van der Waals surface area contributed by atoms with Crippen LogP contribution in [0, 0.1) is 5.92 Å². The smallest absolute Gasteiger partial charge is 0.238 e. The number of carbonyl (C=O) groups excluding carboxylic acids is 2. The zero-order chi connectivity index (χ0) is 21.9. The van der Waals surface area contributed by atoms with Crippen molar-refractivity contribution in [2.45, 2.75) is 44.9 Å². The van der Waals surface area contributed by atoms with Crippen LogP contribution in [0.5, 0.6) is 0 Å². The Balaban J connectivity index is 1.37. The topological polar surface area (TPSA) is 73.9 Å². The van der Waals surface area contributed by atoms with Gasteiger partial charge in [0.1, 0.15) is 0 Å². The maximum atomic E-state index is 12.5. The second kappa shape index (κ2) is 12.7. The van der Waals surface area contributed by atoms with Crippen molar-refractivity contribution in [2.24, 2.45) is 5.92 Å². The second-order valence-corrected chi connectivity index (χ2v) is 8.68. The van der Waals surface area contributed by atoms with Crippen molar-refractivity contribution >= 4 is 23.2 Å². The van der Waals surface area contributed by atoms with Gasteiger partial charge in [0.05, 0.1) is 6.54 Å². The predicted octanol–water partition coefficient (Wildman–Crippen LogP) is 2.87. The number of hydrogen-bond acceptors (Lipinski definition) is 5. The van der Waals surface area contributed by atoms with E-state index in [0.717, 1.165) is 51.1 Å². The van der Waals surface area contributed by atoms with E-state index in [2.05, 4.69) is 32.6 Å². The fraction of sp³-hybridized carbons (Fsp3) is 0.667. The monoisotopic (exact) mass is 430 g/mol. The lowest BCUT2D eigenvalue weighted by atomic mass is 9.96. The number of ether oxygens (including phenoxy) is 1. The summed E-state index contributed by atoms with van der Waals surface area (Å²) in [5, 5.41) is 6.00. The Labute approximate surface area is 186 Å². The SMILES string of the molecule is COCCCNC(=O)C1CCN(CC(=O)Nc2ccc(N3CCCCCC3)cc2)CC1. The number of likely N-dealkylation sites (tertiary alicyclic amines) is 1. The number of hydrogen-bond donors (Lipinski definition) is 2. The van der Waals surface area contributed by atoms with Gasteiger partial charge < -0.3 is 20.3 Å². The van der Waals surface area contributed by atoms with Gasteiger partial charge in [0, 0.05) is 50.6 Å². The number of nitrogens with one attached hydrogen (secondary N) is 2. The summed E-state index contributed by atoms with van der Waals surface area (Å²) >= 11 is 0. The minimum atomic E-state index is 0.00462. The number of benzene rings is 1. The summed E-state index contributed by atoms with van der Waals surface area (Å²) in [7, 11) is 1.67. The lowest BCUT2D eigenvalue weighted by Gasteiger charge is -2.30. The van der Waals surface area contributed by atoms with Gasteiger partial charge in [0.15, 0.2) is 0 Å². The molecule has 0 aromatic heterocycles. The van der Waals surface area contributed by atoms with Crippen molar-refractivity contribution in [3.05, 3.63) is 24.3 Å². The maximum absolute atomic E-state index is 12.5. The third-order valence-electron chi connectivity index (χ3n) is 6.27. The second-order valence-electron chi connectivity index (χ2n) is 8.68. The first kappa shape index (κ1) is 23.5. The molecule has 2 aliphatic rings. The highest BCUT2D eigenvalue weighted by molar-refractivity contribution is 5.92. The Morgan fingerprint density at radius 1 is 1.00 bits per heavy atom. The van der Waals surface area contributed by atoms with E-state index >= 15 is 0 Å². The number of rotatable bonds is 9.